The van der Waals surface area contributed by atoms with Crippen LogP contribution in [0.3, 0.4) is 0 Å². The molecule has 0 radical (unpaired) electrons. The van der Waals surface area contributed by atoms with Crippen molar-refractivity contribution in [2.24, 2.45) is 5.11 Å². The van der Waals surface area contributed by atoms with Crippen molar-refractivity contribution < 1.29 is 9.59 Å². The van der Waals surface area contributed by atoms with Crippen LogP contribution >= 0.6 is 11.6 Å². The summed E-state index contributed by atoms with van der Waals surface area (Å²) in [6, 6.07) is 13.4. The summed E-state index contributed by atoms with van der Waals surface area (Å²) in [6.45, 7) is -0.325. The number of hydrogen-bond donors (Lipinski definition) is 0. The first-order valence-electron chi connectivity index (χ1n) is 6.71. The first-order chi connectivity index (χ1) is 11.0. The van der Waals surface area contributed by atoms with E-state index in [9.17, 15) is 9.59 Å². The summed E-state index contributed by atoms with van der Waals surface area (Å²) in [4.78, 5) is 28.5. The van der Waals surface area contributed by atoms with Gasteiger partial charge in [-0.1, -0.05) is 47.0 Å². The number of carbonyl (C=O) groups is 2. The number of benzene rings is 2. The van der Waals surface area contributed by atoms with Crippen molar-refractivity contribution in [3.63, 3.8) is 0 Å². The second kappa shape index (κ2) is 7.45. The Morgan fingerprint density at radius 2 is 1.91 bits per heavy atom. The summed E-state index contributed by atoms with van der Waals surface area (Å²) in [6.07, 6.45) is 0. The normalized spacial score (nSPS) is 9.83. The average Bonchev–Trinajstić information content (AvgIpc) is 2.59. The van der Waals surface area contributed by atoms with E-state index >= 15 is 0 Å². The van der Waals surface area contributed by atoms with E-state index in [-0.39, 0.29) is 12.3 Å². The van der Waals surface area contributed by atoms with Crippen LogP contribution in [-0.2, 0) is 4.79 Å². The van der Waals surface area contributed by atoms with Crippen LogP contribution in [0.15, 0.2) is 53.6 Å². The predicted molar refractivity (Wildman–Crippen MR) is 88.7 cm³/mol. The van der Waals surface area contributed by atoms with Crippen LogP contribution < -0.4 is 4.90 Å². The molecule has 0 aliphatic heterocycles. The van der Waals surface area contributed by atoms with Crippen LogP contribution in [0, 0.1) is 0 Å². The molecule has 7 heteroatoms. The van der Waals surface area contributed by atoms with Gasteiger partial charge in [-0.25, -0.2) is 0 Å². The largest absolute Gasteiger partial charge is 0.315 e. The molecular weight excluding hydrogens is 316 g/mol. The van der Waals surface area contributed by atoms with Gasteiger partial charge in [0.25, 0.3) is 0 Å². The molecule has 0 aliphatic rings. The van der Waals surface area contributed by atoms with E-state index < -0.39 is 5.91 Å². The van der Waals surface area contributed by atoms with E-state index in [4.69, 9.17) is 17.1 Å². The standard InChI is InChI=1S/C16H13ClN4O2/c1-21(15(22)10-19-20-18)14-8-7-12(17)9-13(14)16(23)11-5-3-2-4-6-11/h2-9H,10H2,1H3. The molecule has 2 rings (SSSR count). The van der Waals surface area contributed by atoms with E-state index in [1.165, 1.54) is 18.0 Å². The molecule has 0 N–H and O–H groups in total. The molecule has 0 spiro atoms. The average molecular weight is 329 g/mol. The molecule has 23 heavy (non-hydrogen) atoms. The maximum absolute atomic E-state index is 12.7. The molecule has 0 aliphatic carbocycles. The van der Waals surface area contributed by atoms with Gasteiger partial charge in [0.15, 0.2) is 5.78 Å². The smallest absolute Gasteiger partial charge is 0.232 e. The van der Waals surface area contributed by atoms with E-state index in [0.29, 0.717) is 21.8 Å². The number of halogens is 1. The number of nitrogens with zero attached hydrogens (tertiary/aromatic N) is 4. The number of azide groups is 1. The van der Waals surface area contributed by atoms with Crippen molar-refractivity contribution in [2.45, 2.75) is 0 Å². The Bertz CT molecular complexity index is 786. The summed E-state index contributed by atoms with van der Waals surface area (Å²) >= 11 is 5.99. The van der Waals surface area contributed by atoms with Gasteiger partial charge in [0.1, 0.15) is 6.54 Å². The van der Waals surface area contributed by atoms with Crippen LogP contribution in [0.4, 0.5) is 5.69 Å². The molecule has 1 amide bonds. The lowest BCUT2D eigenvalue weighted by atomic mass is 10.0. The zero-order valence-electron chi connectivity index (χ0n) is 12.3. The van der Waals surface area contributed by atoms with Crippen LogP contribution in [0.2, 0.25) is 5.02 Å². The molecule has 0 fully saturated rings. The Kier molecular flexibility index (Phi) is 5.36. The fourth-order valence-corrected chi connectivity index (χ4v) is 2.23. The van der Waals surface area contributed by atoms with Gasteiger partial charge >= 0.3 is 0 Å². The van der Waals surface area contributed by atoms with Crippen molar-refractivity contribution in [1.82, 2.24) is 0 Å². The SMILES string of the molecule is CN(C(=O)CN=[N+]=[N-])c1ccc(Cl)cc1C(=O)c1ccccc1. The quantitative estimate of drug-likeness (QED) is 0.361. The molecule has 2 aromatic carbocycles. The summed E-state index contributed by atoms with van der Waals surface area (Å²) in [5.41, 5.74) is 9.51. The fraction of sp³-hybridized carbons (Fsp3) is 0.125. The second-order valence-corrected chi connectivity index (χ2v) is 5.13. The van der Waals surface area contributed by atoms with E-state index in [0.717, 1.165) is 0 Å². The van der Waals surface area contributed by atoms with Gasteiger partial charge in [-0.3, -0.25) is 9.59 Å². The Morgan fingerprint density at radius 1 is 1.22 bits per heavy atom. The molecule has 116 valence electrons. The highest BCUT2D eigenvalue weighted by atomic mass is 35.5. The number of hydrogen-bond acceptors (Lipinski definition) is 3. The number of carbonyl (C=O) groups excluding carboxylic acids is 2. The highest BCUT2D eigenvalue weighted by Crippen LogP contribution is 2.26. The van der Waals surface area contributed by atoms with Crippen LogP contribution in [0.5, 0.6) is 0 Å². The minimum Gasteiger partial charge on any atom is -0.315 e. The molecular formula is C16H13ClN4O2. The van der Waals surface area contributed by atoms with Gasteiger partial charge < -0.3 is 4.90 Å². The fourth-order valence-electron chi connectivity index (χ4n) is 2.06. The summed E-state index contributed by atoms with van der Waals surface area (Å²) in [5.74, 6) is -0.668. The first-order valence-corrected chi connectivity index (χ1v) is 7.09. The second-order valence-electron chi connectivity index (χ2n) is 4.70. The molecule has 0 saturated heterocycles. The van der Waals surface area contributed by atoms with Crippen LogP contribution in [0.25, 0.3) is 10.4 Å². The molecule has 0 saturated carbocycles. The maximum Gasteiger partial charge on any atom is 0.232 e. The Morgan fingerprint density at radius 3 is 2.57 bits per heavy atom. The zero-order valence-corrected chi connectivity index (χ0v) is 13.1. The minimum atomic E-state index is -0.424. The molecule has 2 aromatic rings. The van der Waals surface area contributed by atoms with Crippen LogP contribution in [0.1, 0.15) is 15.9 Å². The van der Waals surface area contributed by atoms with E-state index in [1.807, 2.05) is 6.07 Å². The topological polar surface area (TPSA) is 86.1 Å². The van der Waals surface area contributed by atoms with Gasteiger partial charge in [0.05, 0.1) is 5.69 Å². The van der Waals surface area contributed by atoms with Gasteiger partial charge in [-0.05, 0) is 23.7 Å². The zero-order chi connectivity index (χ0) is 16.8. The predicted octanol–water partition coefficient (Wildman–Crippen LogP) is 3.84. The summed E-state index contributed by atoms with van der Waals surface area (Å²) in [7, 11) is 1.51. The van der Waals surface area contributed by atoms with Gasteiger partial charge in [-0.15, -0.1) is 0 Å². The molecule has 6 nitrogen and oxygen atoms in total. The van der Waals surface area contributed by atoms with Crippen molar-refractivity contribution in [2.75, 3.05) is 18.5 Å². The van der Waals surface area contributed by atoms with Gasteiger partial charge in [-0.2, -0.15) is 0 Å². The first kappa shape index (κ1) is 16.5. The van der Waals surface area contributed by atoms with Crippen molar-refractivity contribution in [3.05, 3.63) is 75.1 Å². The highest BCUT2D eigenvalue weighted by molar-refractivity contribution is 6.31. The van der Waals surface area contributed by atoms with E-state index in [2.05, 4.69) is 10.0 Å². The third-order valence-corrected chi connectivity index (χ3v) is 3.48. The molecule has 0 heterocycles. The number of ketones is 1. The lowest BCUT2D eigenvalue weighted by Gasteiger charge is -2.20. The monoisotopic (exact) mass is 328 g/mol. The van der Waals surface area contributed by atoms with Gasteiger partial charge in [0.2, 0.25) is 5.91 Å². The lowest BCUT2D eigenvalue weighted by molar-refractivity contribution is -0.117. The van der Waals surface area contributed by atoms with Crippen LogP contribution in [-0.4, -0.2) is 25.3 Å². The molecule has 0 bridgehead atoms. The summed E-state index contributed by atoms with van der Waals surface area (Å²) in [5, 5.41) is 3.64. The Hall–Kier alpha value is -2.82. The number of anilines is 1. The lowest BCUT2D eigenvalue weighted by Crippen LogP contribution is -2.29. The van der Waals surface area contributed by atoms with Crippen molar-refractivity contribution in [3.8, 4) is 0 Å². The Labute approximate surface area is 137 Å². The minimum absolute atomic E-state index is 0.244. The molecule has 0 unspecified atom stereocenters. The maximum atomic E-state index is 12.7. The third-order valence-electron chi connectivity index (χ3n) is 3.24. The third kappa shape index (κ3) is 3.88. The molecule has 0 aromatic heterocycles. The summed E-state index contributed by atoms with van der Waals surface area (Å²) < 4.78 is 0. The number of amides is 1. The number of rotatable bonds is 5. The number of likely N-dealkylation sites (N-methyl/N-ethyl adjacent to an activating group) is 1. The van der Waals surface area contributed by atoms with Crippen molar-refractivity contribution >= 4 is 29.0 Å². The van der Waals surface area contributed by atoms with Crippen molar-refractivity contribution in [1.29, 1.82) is 0 Å². The highest BCUT2D eigenvalue weighted by Gasteiger charge is 2.19. The van der Waals surface area contributed by atoms with E-state index in [1.54, 1.807) is 36.4 Å². The molecule has 0 atom stereocenters. The Balaban J connectivity index is 2.43. The van der Waals surface area contributed by atoms with Gasteiger partial charge in [0, 0.05) is 28.1 Å².